The third-order valence-corrected chi connectivity index (χ3v) is 8.72. The molecule has 1 aromatic heterocycles. The molecule has 6 atom stereocenters. The van der Waals surface area contributed by atoms with Crippen molar-refractivity contribution in [2.24, 2.45) is 23.2 Å². The summed E-state index contributed by atoms with van der Waals surface area (Å²) in [5.41, 5.74) is 2.79. The van der Waals surface area contributed by atoms with Crippen molar-refractivity contribution in [1.82, 2.24) is 9.71 Å². The maximum Gasteiger partial charge on any atom is 0.197 e. The van der Waals surface area contributed by atoms with E-state index in [0.29, 0.717) is 17.8 Å². The molecule has 0 radical (unpaired) electrons. The fourth-order valence-corrected chi connectivity index (χ4v) is 7.12. The number of aliphatic hydroxyl groups is 1. The first kappa shape index (κ1) is 17.9. The minimum absolute atomic E-state index is 0.00399. The number of aromatic nitrogens is 2. The fourth-order valence-electron chi connectivity index (χ4n) is 7.12. The molecule has 28 heavy (non-hydrogen) atoms. The quantitative estimate of drug-likeness (QED) is 0.475. The van der Waals surface area contributed by atoms with Gasteiger partial charge < -0.3 is 10.3 Å². The lowest BCUT2D eigenvalue weighted by molar-refractivity contribution is -0.0172. The summed E-state index contributed by atoms with van der Waals surface area (Å²) in [4.78, 5) is 4.56. The van der Waals surface area contributed by atoms with Gasteiger partial charge in [-0.1, -0.05) is 25.5 Å². The van der Waals surface area contributed by atoms with Gasteiger partial charge in [-0.2, -0.15) is 9.99 Å². The Morgan fingerprint density at radius 3 is 2.71 bits per heavy atom. The predicted octanol–water partition coefficient (Wildman–Crippen LogP) is 2.81. The molecular weight excluding hydrogens is 352 g/mol. The van der Waals surface area contributed by atoms with E-state index in [4.69, 9.17) is 5.41 Å². The summed E-state index contributed by atoms with van der Waals surface area (Å²) in [5, 5.41) is 38.1. The standard InChI is InChI=1S/C22H28N4O2/c1-21-7-5-13(27)9-12(21)3-4-14-15(21)6-8-22(2)16(14)10-18-19(22)25-17(11-23)20(24)26(18)28/h3,13-16,24,27-28H,4-10H2,1-2H3/t13-,14-,15-,16-,21-,22+/m0/s1. The number of nitriles is 1. The molecular formula is C22H28N4O2. The lowest BCUT2D eigenvalue weighted by Crippen LogP contribution is -2.51. The molecule has 6 heteroatoms. The zero-order valence-corrected chi connectivity index (χ0v) is 16.6. The van der Waals surface area contributed by atoms with Gasteiger partial charge in [-0.05, 0) is 68.1 Å². The number of rotatable bonds is 0. The zero-order chi connectivity index (χ0) is 19.8. The maximum atomic E-state index is 10.6. The minimum Gasteiger partial charge on any atom is -0.427 e. The Balaban J connectivity index is 1.58. The average molecular weight is 380 g/mol. The van der Waals surface area contributed by atoms with E-state index in [1.54, 1.807) is 0 Å². The van der Waals surface area contributed by atoms with E-state index in [-0.39, 0.29) is 28.1 Å². The van der Waals surface area contributed by atoms with Crippen molar-refractivity contribution in [3.05, 3.63) is 34.2 Å². The first-order chi connectivity index (χ1) is 13.3. The Bertz CT molecular complexity index is 989. The predicted molar refractivity (Wildman–Crippen MR) is 101 cm³/mol. The van der Waals surface area contributed by atoms with Crippen molar-refractivity contribution < 1.29 is 10.3 Å². The third kappa shape index (κ3) is 2.11. The van der Waals surface area contributed by atoms with E-state index in [9.17, 15) is 15.6 Å². The van der Waals surface area contributed by atoms with Crippen molar-refractivity contribution in [3.63, 3.8) is 0 Å². The SMILES string of the molecule is C[C@]12CC[C@H](O)CC1=CC[C@H]1[C@@H]2CC[C@@]2(C)c3nc(C#N)c(=N)n(O)c3C[C@@H]12. The van der Waals surface area contributed by atoms with Crippen LogP contribution in [-0.2, 0) is 11.8 Å². The molecule has 1 heterocycles. The molecule has 2 saturated carbocycles. The van der Waals surface area contributed by atoms with Gasteiger partial charge in [0, 0.05) is 5.41 Å². The van der Waals surface area contributed by atoms with Crippen molar-refractivity contribution in [2.45, 2.75) is 70.3 Å². The van der Waals surface area contributed by atoms with Crippen LogP contribution >= 0.6 is 0 Å². The van der Waals surface area contributed by atoms with Crippen LogP contribution in [0.2, 0.25) is 0 Å². The lowest BCUT2D eigenvalue weighted by Gasteiger charge is -2.57. The molecule has 0 amide bonds. The van der Waals surface area contributed by atoms with Gasteiger partial charge in [0.15, 0.2) is 11.2 Å². The van der Waals surface area contributed by atoms with Gasteiger partial charge in [0.1, 0.15) is 6.07 Å². The van der Waals surface area contributed by atoms with Crippen molar-refractivity contribution in [3.8, 4) is 6.07 Å². The van der Waals surface area contributed by atoms with E-state index in [1.807, 2.05) is 6.07 Å². The number of nitrogens with one attached hydrogen (secondary N) is 1. The monoisotopic (exact) mass is 380 g/mol. The van der Waals surface area contributed by atoms with Gasteiger partial charge in [0.2, 0.25) is 0 Å². The van der Waals surface area contributed by atoms with Crippen LogP contribution in [0.4, 0.5) is 0 Å². The van der Waals surface area contributed by atoms with Gasteiger partial charge >= 0.3 is 0 Å². The van der Waals surface area contributed by atoms with Crippen LogP contribution in [-0.4, -0.2) is 26.1 Å². The third-order valence-electron chi connectivity index (χ3n) is 8.72. The van der Waals surface area contributed by atoms with Crippen molar-refractivity contribution in [1.29, 1.82) is 10.7 Å². The van der Waals surface area contributed by atoms with Gasteiger partial charge in [-0.15, -0.1) is 0 Å². The molecule has 148 valence electrons. The second-order valence-corrected chi connectivity index (χ2v) is 9.84. The van der Waals surface area contributed by atoms with E-state index in [1.165, 1.54) is 5.57 Å². The highest BCUT2D eigenvalue weighted by atomic mass is 16.5. The molecule has 4 aliphatic rings. The molecule has 2 fully saturated rings. The molecule has 4 aliphatic carbocycles. The highest BCUT2D eigenvalue weighted by molar-refractivity contribution is 5.37. The summed E-state index contributed by atoms with van der Waals surface area (Å²) >= 11 is 0. The average Bonchev–Trinajstić information content (AvgIpc) is 2.98. The molecule has 3 N–H and O–H groups in total. The van der Waals surface area contributed by atoms with Crippen LogP contribution in [0.3, 0.4) is 0 Å². The smallest absolute Gasteiger partial charge is 0.197 e. The molecule has 0 unspecified atom stereocenters. The Morgan fingerprint density at radius 2 is 1.96 bits per heavy atom. The fraction of sp³-hybridized carbons (Fsp3) is 0.682. The highest BCUT2D eigenvalue weighted by Crippen LogP contribution is 2.63. The second kappa shape index (κ2) is 5.70. The van der Waals surface area contributed by atoms with Gasteiger partial charge in [-0.25, -0.2) is 4.98 Å². The summed E-state index contributed by atoms with van der Waals surface area (Å²) in [6.45, 7) is 4.64. The molecule has 0 aliphatic heterocycles. The van der Waals surface area contributed by atoms with Gasteiger partial charge in [0.25, 0.3) is 0 Å². The summed E-state index contributed by atoms with van der Waals surface area (Å²) < 4.78 is 0.905. The number of hydrogen-bond donors (Lipinski definition) is 3. The van der Waals surface area contributed by atoms with E-state index < -0.39 is 0 Å². The number of fused-ring (bicyclic) bond motifs is 7. The van der Waals surface area contributed by atoms with Crippen molar-refractivity contribution >= 4 is 0 Å². The van der Waals surface area contributed by atoms with E-state index in [0.717, 1.165) is 61.1 Å². The summed E-state index contributed by atoms with van der Waals surface area (Å²) in [5.74, 6) is 1.46. The first-order valence-corrected chi connectivity index (χ1v) is 10.5. The maximum absolute atomic E-state index is 10.6. The minimum atomic E-state index is -0.209. The molecule has 0 bridgehead atoms. The molecule has 1 aromatic rings. The number of allylic oxidation sites excluding steroid dienone is 1. The van der Waals surface area contributed by atoms with Crippen LogP contribution in [0.25, 0.3) is 0 Å². The van der Waals surface area contributed by atoms with Crippen LogP contribution in [0.5, 0.6) is 0 Å². The first-order valence-electron chi connectivity index (χ1n) is 10.5. The van der Waals surface area contributed by atoms with E-state index >= 15 is 0 Å². The number of nitrogens with zero attached hydrogens (tertiary/aromatic N) is 3. The Labute approximate surface area is 165 Å². The normalized spacial score (nSPS) is 41.1. The second-order valence-electron chi connectivity index (χ2n) is 9.84. The molecule has 0 aromatic carbocycles. The molecule has 0 spiro atoms. The van der Waals surface area contributed by atoms with Crippen LogP contribution in [0.15, 0.2) is 11.6 Å². The molecule has 6 nitrogen and oxygen atoms in total. The Hall–Kier alpha value is -2.13. The summed E-state index contributed by atoms with van der Waals surface area (Å²) in [6, 6.07) is 1.97. The summed E-state index contributed by atoms with van der Waals surface area (Å²) in [7, 11) is 0. The molecule has 5 rings (SSSR count). The highest BCUT2D eigenvalue weighted by Gasteiger charge is 2.58. The Kier molecular flexibility index (Phi) is 3.65. The van der Waals surface area contributed by atoms with Gasteiger partial charge in [-0.3, -0.25) is 5.41 Å². The van der Waals surface area contributed by atoms with Crippen LogP contribution in [0.1, 0.15) is 69.5 Å². The lowest BCUT2D eigenvalue weighted by atomic mass is 9.48. The van der Waals surface area contributed by atoms with Crippen LogP contribution in [0, 0.1) is 39.9 Å². The van der Waals surface area contributed by atoms with Gasteiger partial charge in [0.05, 0.1) is 17.5 Å². The number of aliphatic hydroxyl groups excluding tert-OH is 1. The topological polar surface area (TPSA) is 106 Å². The largest absolute Gasteiger partial charge is 0.427 e. The van der Waals surface area contributed by atoms with E-state index in [2.05, 4.69) is 24.9 Å². The Morgan fingerprint density at radius 1 is 1.21 bits per heavy atom. The summed E-state index contributed by atoms with van der Waals surface area (Å²) in [6.07, 6.45) is 8.76. The molecule has 0 saturated heterocycles. The van der Waals surface area contributed by atoms with Crippen molar-refractivity contribution in [2.75, 3.05) is 0 Å². The zero-order valence-electron chi connectivity index (χ0n) is 16.6. The van der Waals surface area contributed by atoms with Crippen LogP contribution < -0.4 is 5.49 Å². The number of hydrogen-bond acceptors (Lipinski definition) is 5.